The van der Waals surface area contributed by atoms with Crippen LogP contribution in [0.15, 0.2) is 36.4 Å². The Hall–Kier alpha value is -2.07. The van der Waals surface area contributed by atoms with Crippen molar-refractivity contribution in [1.29, 1.82) is 0 Å². The Bertz CT molecular complexity index is 677. The lowest BCUT2D eigenvalue weighted by Gasteiger charge is -2.17. The maximum atomic E-state index is 13.1. The van der Waals surface area contributed by atoms with E-state index in [-0.39, 0.29) is 12.2 Å². The van der Waals surface area contributed by atoms with Crippen LogP contribution in [-0.2, 0) is 19.4 Å². The quantitative estimate of drug-likeness (QED) is 0.879. The van der Waals surface area contributed by atoms with Gasteiger partial charge >= 0.3 is 0 Å². The Morgan fingerprint density at radius 2 is 1.81 bits per heavy atom. The SMILES string of the molecule is O=C(Cc1cc(F)cc(F)c1)c1ccc2c(c1)CNCC2. The predicted molar refractivity (Wildman–Crippen MR) is 76.2 cm³/mol. The molecule has 0 unspecified atom stereocenters. The fraction of sp³-hybridized carbons (Fsp3) is 0.235. The normalized spacial score (nSPS) is 13.8. The number of fused-ring (bicyclic) bond motifs is 1. The molecule has 1 aliphatic rings. The first-order valence-corrected chi connectivity index (χ1v) is 6.92. The van der Waals surface area contributed by atoms with Crippen molar-refractivity contribution in [3.63, 3.8) is 0 Å². The minimum Gasteiger partial charge on any atom is -0.312 e. The van der Waals surface area contributed by atoms with Gasteiger partial charge in [-0.1, -0.05) is 12.1 Å². The molecule has 1 N–H and O–H groups in total. The molecule has 2 aromatic rings. The molecule has 21 heavy (non-hydrogen) atoms. The first-order chi connectivity index (χ1) is 10.1. The summed E-state index contributed by atoms with van der Waals surface area (Å²) in [5.41, 5.74) is 3.31. The second-order valence-electron chi connectivity index (χ2n) is 5.29. The van der Waals surface area contributed by atoms with Crippen LogP contribution in [0.1, 0.15) is 27.0 Å². The van der Waals surface area contributed by atoms with Crippen molar-refractivity contribution in [1.82, 2.24) is 5.32 Å². The lowest BCUT2D eigenvalue weighted by atomic mass is 9.95. The van der Waals surface area contributed by atoms with Crippen molar-refractivity contribution in [2.45, 2.75) is 19.4 Å². The summed E-state index contributed by atoms with van der Waals surface area (Å²) in [6, 6.07) is 8.83. The number of halogens is 2. The number of carbonyl (C=O) groups excluding carboxylic acids is 1. The van der Waals surface area contributed by atoms with Gasteiger partial charge in [0.05, 0.1) is 0 Å². The predicted octanol–water partition coefficient (Wildman–Crippen LogP) is 3.04. The van der Waals surface area contributed by atoms with Crippen LogP contribution in [0, 0.1) is 11.6 Å². The van der Waals surface area contributed by atoms with Crippen molar-refractivity contribution >= 4 is 5.78 Å². The average molecular weight is 287 g/mol. The van der Waals surface area contributed by atoms with Gasteiger partial charge < -0.3 is 5.32 Å². The molecule has 1 heterocycles. The third kappa shape index (κ3) is 3.16. The van der Waals surface area contributed by atoms with Crippen molar-refractivity contribution < 1.29 is 13.6 Å². The molecule has 2 nitrogen and oxygen atoms in total. The van der Waals surface area contributed by atoms with Crippen LogP contribution in [-0.4, -0.2) is 12.3 Å². The number of hydrogen-bond donors (Lipinski definition) is 1. The second kappa shape index (κ2) is 5.74. The fourth-order valence-electron chi connectivity index (χ4n) is 2.65. The zero-order valence-electron chi connectivity index (χ0n) is 11.5. The average Bonchev–Trinajstić information content (AvgIpc) is 2.45. The van der Waals surface area contributed by atoms with E-state index in [4.69, 9.17) is 0 Å². The van der Waals surface area contributed by atoms with Gasteiger partial charge in [-0.3, -0.25) is 4.79 Å². The minimum absolute atomic E-state index is 0.000888. The zero-order valence-corrected chi connectivity index (χ0v) is 11.5. The van der Waals surface area contributed by atoms with E-state index in [9.17, 15) is 13.6 Å². The standard InChI is InChI=1S/C17H15F2NO/c18-15-5-11(6-16(19)9-15)7-17(21)13-2-1-12-3-4-20-10-14(12)8-13/h1-2,5-6,8-9,20H,3-4,7,10H2. The molecule has 0 spiro atoms. The molecule has 0 bridgehead atoms. The Morgan fingerprint density at radius 1 is 1.05 bits per heavy atom. The molecule has 2 aromatic carbocycles. The molecule has 0 aliphatic carbocycles. The summed E-state index contributed by atoms with van der Waals surface area (Å²) >= 11 is 0. The highest BCUT2D eigenvalue weighted by atomic mass is 19.1. The molecule has 0 radical (unpaired) electrons. The number of nitrogens with one attached hydrogen (secondary N) is 1. The molecule has 0 fully saturated rings. The van der Waals surface area contributed by atoms with E-state index in [2.05, 4.69) is 5.32 Å². The van der Waals surface area contributed by atoms with Crippen LogP contribution in [0.4, 0.5) is 8.78 Å². The van der Waals surface area contributed by atoms with Crippen molar-refractivity contribution in [3.05, 3.63) is 70.3 Å². The van der Waals surface area contributed by atoms with Gasteiger partial charge in [0, 0.05) is 24.6 Å². The maximum absolute atomic E-state index is 13.1. The molecule has 0 atom stereocenters. The van der Waals surface area contributed by atoms with Crippen LogP contribution in [0.25, 0.3) is 0 Å². The van der Waals surface area contributed by atoms with Gasteiger partial charge in [-0.25, -0.2) is 8.78 Å². The summed E-state index contributed by atoms with van der Waals surface area (Å²) in [5, 5.41) is 3.26. The summed E-state index contributed by atoms with van der Waals surface area (Å²) in [6.07, 6.45) is 0.958. The van der Waals surface area contributed by atoms with E-state index in [1.165, 1.54) is 17.7 Å². The van der Waals surface area contributed by atoms with Gasteiger partial charge in [-0.05, 0) is 47.9 Å². The Kier molecular flexibility index (Phi) is 3.80. The zero-order chi connectivity index (χ0) is 14.8. The van der Waals surface area contributed by atoms with Crippen LogP contribution in [0.5, 0.6) is 0 Å². The molecule has 0 saturated heterocycles. The molecule has 108 valence electrons. The molecule has 1 aliphatic heterocycles. The van der Waals surface area contributed by atoms with Crippen LogP contribution in [0.3, 0.4) is 0 Å². The van der Waals surface area contributed by atoms with Crippen molar-refractivity contribution in [2.24, 2.45) is 0 Å². The molecule has 3 rings (SSSR count). The van der Waals surface area contributed by atoms with Crippen molar-refractivity contribution in [2.75, 3.05) is 6.54 Å². The third-order valence-corrected chi connectivity index (χ3v) is 3.70. The van der Waals surface area contributed by atoms with Gasteiger partial charge in [-0.2, -0.15) is 0 Å². The van der Waals surface area contributed by atoms with E-state index < -0.39 is 11.6 Å². The number of hydrogen-bond acceptors (Lipinski definition) is 2. The molecule has 0 amide bonds. The highest BCUT2D eigenvalue weighted by Crippen LogP contribution is 2.18. The number of ketones is 1. The molecule has 4 heteroatoms. The first kappa shape index (κ1) is 13.9. The van der Waals surface area contributed by atoms with E-state index in [0.29, 0.717) is 11.1 Å². The largest absolute Gasteiger partial charge is 0.312 e. The fourth-order valence-corrected chi connectivity index (χ4v) is 2.65. The van der Waals surface area contributed by atoms with Gasteiger partial charge in [0.25, 0.3) is 0 Å². The molecular weight excluding hydrogens is 272 g/mol. The minimum atomic E-state index is -0.660. The van der Waals surface area contributed by atoms with Gasteiger partial charge in [-0.15, -0.1) is 0 Å². The van der Waals surface area contributed by atoms with E-state index in [1.54, 1.807) is 6.07 Å². The van der Waals surface area contributed by atoms with Crippen LogP contribution < -0.4 is 5.32 Å². The van der Waals surface area contributed by atoms with Crippen molar-refractivity contribution in [3.8, 4) is 0 Å². The lowest BCUT2D eigenvalue weighted by molar-refractivity contribution is 0.0993. The van der Waals surface area contributed by atoms with E-state index in [0.717, 1.165) is 31.1 Å². The first-order valence-electron chi connectivity index (χ1n) is 6.92. The maximum Gasteiger partial charge on any atom is 0.167 e. The summed E-state index contributed by atoms with van der Waals surface area (Å²) in [6.45, 7) is 1.70. The topological polar surface area (TPSA) is 29.1 Å². The smallest absolute Gasteiger partial charge is 0.167 e. The number of benzene rings is 2. The van der Waals surface area contributed by atoms with Gasteiger partial charge in [0.15, 0.2) is 5.78 Å². The lowest BCUT2D eigenvalue weighted by Crippen LogP contribution is -2.23. The monoisotopic (exact) mass is 287 g/mol. The molecule has 0 aromatic heterocycles. The van der Waals surface area contributed by atoms with E-state index in [1.807, 2.05) is 12.1 Å². The number of Topliss-reactive ketones (excluding diaryl/α,β-unsaturated/α-hetero) is 1. The molecular formula is C17H15F2NO. The second-order valence-corrected chi connectivity index (χ2v) is 5.29. The number of carbonyl (C=O) groups is 1. The van der Waals surface area contributed by atoms with Crippen LogP contribution in [0.2, 0.25) is 0 Å². The van der Waals surface area contributed by atoms with E-state index >= 15 is 0 Å². The highest BCUT2D eigenvalue weighted by Gasteiger charge is 2.13. The summed E-state index contributed by atoms with van der Waals surface area (Å²) in [4.78, 5) is 12.3. The third-order valence-electron chi connectivity index (χ3n) is 3.70. The van der Waals surface area contributed by atoms with Crippen LogP contribution >= 0.6 is 0 Å². The Balaban J connectivity index is 1.82. The van der Waals surface area contributed by atoms with Gasteiger partial charge in [0.2, 0.25) is 0 Å². The summed E-state index contributed by atoms with van der Waals surface area (Å²) < 4.78 is 26.3. The highest BCUT2D eigenvalue weighted by molar-refractivity contribution is 5.97. The Morgan fingerprint density at radius 3 is 2.57 bits per heavy atom. The van der Waals surface area contributed by atoms with Gasteiger partial charge in [0.1, 0.15) is 11.6 Å². The summed E-state index contributed by atoms with van der Waals surface area (Å²) in [5.74, 6) is -1.45. The number of rotatable bonds is 3. The Labute approximate surface area is 121 Å². The summed E-state index contributed by atoms with van der Waals surface area (Å²) in [7, 11) is 0. The molecule has 0 saturated carbocycles.